The van der Waals surface area contributed by atoms with Gasteiger partial charge in [0.2, 0.25) is 0 Å². The maximum Gasteiger partial charge on any atom is 0.315 e. The number of nitrogens with zero attached hydrogens (tertiary/aromatic N) is 1. The van der Waals surface area contributed by atoms with Crippen LogP contribution in [-0.2, 0) is 9.47 Å². The molecule has 2 unspecified atom stereocenters. The second-order valence-corrected chi connectivity index (χ2v) is 6.53. The van der Waals surface area contributed by atoms with E-state index in [4.69, 9.17) is 24.7 Å². The predicted octanol–water partition coefficient (Wildman–Crippen LogP) is 0.633. The lowest BCUT2D eigenvalue weighted by molar-refractivity contribution is 0.0114. The van der Waals surface area contributed by atoms with Crippen molar-refractivity contribution in [3.8, 4) is 11.5 Å². The Balaban J connectivity index is 0.00000420. The number of amides is 2. The molecule has 29 heavy (non-hydrogen) atoms. The number of nitrogens with one attached hydrogen (secondary N) is 1. The highest BCUT2D eigenvalue weighted by atomic mass is 35.5. The van der Waals surface area contributed by atoms with Crippen molar-refractivity contribution in [1.29, 1.82) is 0 Å². The summed E-state index contributed by atoms with van der Waals surface area (Å²) < 4.78 is 21.4. The Bertz CT molecular complexity index is 578. The molecule has 1 aromatic rings. The highest BCUT2D eigenvalue weighted by Gasteiger charge is 2.25. The standard InChI is InChI=1S/C19H31N3O6.ClH/c1-25-10-11-27-17-2-4-18(5-3-17)28-14-16(23)12-21-7-6-15-13-26-9-8-22(15)19(20)24;/h2-5,15-16,21,23H,6-14H2,1H3,(H2,20,24);1H. The molecule has 0 bridgehead atoms. The molecule has 1 aliphatic rings. The smallest absolute Gasteiger partial charge is 0.315 e. The van der Waals surface area contributed by atoms with Gasteiger partial charge in [-0.15, -0.1) is 12.4 Å². The van der Waals surface area contributed by atoms with Crippen LogP contribution in [0.4, 0.5) is 4.79 Å². The number of urea groups is 1. The normalized spacial score (nSPS) is 17.3. The Labute approximate surface area is 177 Å². The fraction of sp³-hybridized carbons (Fsp3) is 0.632. The highest BCUT2D eigenvalue weighted by Crippen LogP contribution is 2.17. The van der Waals surface area contributed by atoms with Crippen LogP contribution in [0.3, 0.4) is 0 Å². The van der Waals surface area contributed by atoms with Gasteiger partial charge in [0.1, 0.15) is 30.8 Å². The zero-order valence-electron chi connectivity index (χ0n) is 16.7. The molecule has 166 valence electrons. The van der Waals surface area contributed by atoms with Crippen molar-refractivity contribution in [2.45, 2.75) is 18.6 Å². The molecule has 1 aliphatic heterocycles. The molecular weight excluding hydrogens is 402 g/mol. The molecule has 1 heterocycles. The Hall–Kier alpha value is -1.78. The van der Waals surface area contributed by atoms with E-state index >= 15 is 0 Å². The highest BCUT2D eigenvalue weighted by molar-refractivity contribution is 5.85. The molecule has 1 aromatic carbocycles. The first-order chi connectivity index (χ1) is 13.6. The number of carbonyl (C=O) groups is 1. The molecule has 0 saturated carbocycles. The number of hydrogen-bond acceptors (Lipinski definition) is 7. The molecular formula is C19H32ClN3O6. The lowest BCUT2D eigenvalue weighted by atomic mass is 10.1. The van der Waals surface area contributed by atoms with Crippen molar-refractivity contribution < 1.29 is 28.8 Å². The zero-order chi connectivity index (χ0) is 20.2. The van der Waals surface area contributed by atoms with E-state index in [0.29, 0.717) is 58.2 Å². The van der Waals surface area contributed by atoms with Gasteiger partial charge in [-0.2, -0.15) is 0 Å². The summed E-state index contributed by atoms with van der Waals surface area (Å²) in [5, 5.41) is 13.2. The fourth-order valence-electron chi connectivity index (χ4n) is 2.85. The van der Waals surface area contributed by atoms with E-state index in [-0.39, 0.29) is 25.1 Å². The predicted molar refractivity (Wildman–Crippen MR) is 111 cm³/mol. The number of benzene rings is 1. The van der Waals surface area contributed by atoms with Gasteiger partial charge in [-0.25, -0.2) is 4.79 Å². The minimum Gasteiger partial charge on any atom is -0.491 e. The molecule has 1 fully saturated rings. The van der Waals surface area contributed by atoms with Crippen LogP contribution in [0, 0.1) is 0 Å². The molecule has 2 amide bonds. The van der Waals surface area contributed by atoms with E-state index in [1.165, 1.54) is 0 Å². The van der Waals surface area contributed by atoms with Gasteiger partial charge in [0, 0.05) is 20.2 Å². The van der Waals surface area contributed by atoms with Crippen LogP contribution in [0.25, 0.3) is 0 Å². The van der Waals surface area contributed by atoms with Crippen LogP contribution in [0.5, 0.6) is 11.5 Å². The van der Waals surface area contributed by atoms with Gasteiger partial charge in [-0.3, -0.25) is 0 Å². The summed E-state index contributed by atoms with van der Waals surface area (Å²) >= 11 is 0. The van der Waals surface area contributed by atoms with Gasteiger partial charge in [-0.05, 0) is 37.2 Å². The van der Waals surface area contributed by atoms with Crippen LogP contribution in [-0.4, -0.2) is 88.0 Å². The lowest BCUT2D eigenvalue weighted by Crippen LogP contribution is -2.51. The third-order valence-electron chi connectivity index (χ3n) is 4.37. The van der Waals surface area contributed by atoms with E-state index in [9.17, 15) is 9.90 Å². The number of aliphatic hydroxyl groups excluding tert-OH is 1. The summed E-state index contributed by atoms with van der Waals surface area (Å²) in [6.07, 6.45) is 0.0635. The average Bonchev–Trinajstić information content (AvgIpc) is 2.71. The van der Waals surface area contributed by atoms with Crippen LogP contribution < -0.4 is 20.5 Å². The van der Waals surface area contributed by atoms with Gasteiger partial charge in [0.05, 0.1) is 25.9 Å². The third kappa shape index (κ3) is 9.51. The molecule has 0 aliphatic carbocycles. The first-order valence-electron chi connectivity index (χ1n) is 9.47. The van der Waals surface area contributed by atoms with Crippen LogP contribution in [0.2, 0.25) is 0 Å². The topological polar surface area (TPSA) is 116 Å². The molecule has 4 N–H and O–H groups in total. The number of carbonyl (C=O) groups excluding carboxylic acids is 1. The Morgan fingerprint density at radius 3 is 2.66 bits per heavy atom. The number of primary amides is 1. The minimum absolute atomic E-state index is 0. The molecule has 2 atom stereocenters. The third-order valence-corrected chi connectivity index (χ3v) is 4.37. The van der Waals surface area contributed by atoms with Gasteiger partial charge in [0.15, 0.2) is 0 Å². The van der Waals surface area contributed by atoms with Crippen LogP contribution in [0.15, 0.2) is 24.3 Å². The SMILES string of the molecule is COCCOc1ccc(OCC(O)CNCCC2COCCN2C(N)=O)cc1.Cl. The first-order valence-corrected chi connectivity index (χ1v) is 9.47. The molecule has 1 saturated heterocycles. The largest absolute Gasteiger partial charge is 0.491 e. The summed E-state index contributed by atoms with van der Waals surface area (Å²) in [6, 6.07) is 6.76. The van der Waals surface area contributed by atoms with Gasteiger partial charge >= 0.3 is 6.03 Å². The summed E-state index contributed by atoms with van der Waals surface area (Å²) in [5.74, 6) is 1.40. The second-order valence-electron chi connectivity index (χ2n) is 6.53. The van der Waals surface area contributed by atoms with E-state index in [0.717, 1.165) is 5.75 Å². The quantitative estimate of drug-likeness (QED) is 0.414. The lowest BCUT2D eigenvalue weighted by Gasteiger charge is -2.34. The first kappa shape index (κ1) is 25.3. The zero-order valence-corrected chi connectivity index (χ0v) is 17.6. The summed E-state index contributed by atoms with van der Waals surface area (Å²) in [4.78, 5) is 13.0. The van der Waals surface area contributed by atoms with Crippen molar-refractivity contribution >= 4 is 18.4 Å². The van der Waals surface area contributed by atoms with Crippen molar-refractivity contribution in [2.24, 2.45) is 5.73 Å². The number of hydrogen-bond donors (Lipinski definition) is 3. The van der Waals surface area contributed by atoms with Crippen LogP contribution in [0.1, 0.15) is 6.42 Å². The van der Waals surface area contributed by atoms with Crippen LogP contribution >= 0.6 is 12.4 Å². The Morgan fingerprint density at radius 1 is 1.31 bits per heavy atom. The molecule has 0 radical (unpaired) electrons. The summed E-state index contributed by atoms with van der Waals surface area (Å²) in [7, 11) is 1.63. The second kappa shape index (κ2) is 14.2. The van der Waals surface area contributed by atoms with E-state index in [2.05, 4.69) is 5.32 Å². The van der Waals surface area contributed by atoms with E-state index < -0.39 is 12.1 Å². The minimum atomic E-state index is -0.646. The maximum absolute atomic E-state index is 11.4. The number of halogens is 1. The summed E-state index contributed by atoms with van der Waals surface area (Å²) in [5.41, 5.74) is 5.39. The number of nitrogens with two attached hydrogens (primary N) is 1. The Kier molecular flexibility index (Phi) is 12.4. The molecule has 2 rings (SSSR count). The van der Waals surface area contributed by atoms with Crippen molar-refractivity contribution in [2.75, 3.05) is 59.8 Å². The fourth-order valence-corrected chi connectivity index (χ4v) is 2.85. The van der Waals surface area contributed by atoms with Crippen molar-refractivity contribution in [3.63, 3.8) is 0 Å². The molecule has 0 spiro atoms. The number of rotatable bonds is 12. The van der Waals surface area contributed by atoms with Gasteiger partial charge in [-0.1, -0.05) is 0 Å². The van der Waals surface area contributed by atoms with Crippen molar-refractivity contribution in [3.05, 3.63) is 24.3 Å². The molecule has 9 nitrogen and oxygen atoms in total. The number of ether oxygens (including phenoxy) is 4. The van der Waals surface area contributed by atoms with Crippen molar-refractivity contribution in [1.82, 2.24) is 10.2 Å². The van der Waals surface area contributed by atoms with E-state index in [1.54, 1.807) is 24.1 Å². The van der Waals surface area contributed by atoms with E-state index in [1.807, 2.05) is 12.1 Å². The number of methoxy groups -OCH3 is 1. The maximum atomic E-state index is 11.4. The summed E-state index contributed by atoms with van der Waals surface area (Å²) in [6.45, 7) is 3.76. The Morgan fingerprint density at radius 2 is 2.00 bits per heavy atom. The van der Waals surface area contributed by atoms with Gasteiger partial charge < -0.3 is 40.0 Å². The monoisotopic (exact) mass is 433 g/mol. The molecule has 0 aromatic heterocycles. The number of morpholine rings is 1. The number of aliphatic hydroxyl groups is 1. The molecule has 10 heteroatoms. The average molecular weight is 434 g/mol. The van der Waals surface area contributed by atoms with Gasteiger partial charge in [0.25, 0.3) is 0 Å².